The molecular weight excluding hydrogens is 318 g/mol. The second-order valence-electron chi connectivity index (χ2n) is 6.28. The van der Waals surface area contributed by atoms with Crippen molar-refractivity contribution in [2.45, 2.75) is 19.1 Å². The Labute approximate surface area is 145 Å². The normalized spacial score (nSPS) is 16.0. The SMILES string of the molecule is O[C@H](CNc1nc2ccccc2s1)CN1CCc2ccccc2C1. The number of benzene rings is 2. The molecule has 0 radical (unpaired) electrons. The Morgan fingerprint density at radius 2 is 1.92 bits per heavy atom. The fourth-order valence-electron chi connectivity index (χ4n) is 3.23. The molecule has 4 nitrogen and oxygen atoms in total. The third-order valence-electron chi connectivity index (χ3n) is 4.46. The minimum absolute atomic E-state index is 0.401. The number of fused-ring (bicyclic) bond motifs is 2. The molecule has 24 heavy (non-hydrogen) atoms. The average Bonchev–Trinajstić information content (AvgIpc) is 3.03. The van der Waals surface area contributed by atoms with Crippen molar-refractivity contribution in [1.29, 1.82) is 0 Å². The molecule has 0 aliphatic carbocycles. The Kier molecular flexibility index (Phi) is 4.47. The molecule has 5 heteroatoms. The fourth-order valence-corrected chi connectivity index (χ4v) is 4.10. The van der Waals surface area contributed by atoms with Gasteiger partial charge in [0, 0.05) is 26.2 Å². The molecule has 1 aromatic heterocycles. The van der Waals surface area contributed by atoms with Gasteiger partial charge in [0.25, 0.3) is 0 Å². The molecular formula is C19H21N3OS. The van der Waals surface area contributed by atoms with Crippen molar-refractivity contribution in [3.8, 4) is 0 Å². The molecule has 0 saturated heterocycles. The number of aromatic nitrogens is 1. The number of nitrogens with zero attached hydrogens (tertiary/aromatic N) is 2. The van der Waals surface area contributed by atoms with Gasteiger partial charge in [-0.15, -0.1) is 0 Å². The Balaban J connectivity index is 1.31. The largest absolute Gasteiger partial charge is 0.390 e. The van der Waals surface area contributed by atoms with Gasteiger partial charge in [0.05, 0.1) is 16.3 Å². The van der Waals surface area contributed by atoms with Crippen molar-refractivity contribution in [3.63, 3.8) is 0 Å². The monoisotopic (exact) mass is 339 g/mol. The highest BCUT2D eigenvalue weighted by atomic mass is 32.1. The maximum absolute atomic E-state index is 10.4. The molecule has 0 bridgehead atoms. The summed E-state index contributed by atoms with van der Waals surface area (Å²) in [4.78, 5) is 6.87. The van der Waals surface area contributed by atoms with E-state index >= 15 is 0 Å². The van der Waals surface area contributed by atoms with E-state index in [4.69, 9.17) is 0 Å². The van der Waals surface area contributed by atoms with Crippen LogP contribution in [0.1, 0.15) is 11.1 Å². The first kappa shape index (κ1) is 15.6. The van der Waals surface area contributed by atoms with Crippen molar-refractivity contribution in [3.05, 3.63) is 59.7 Å². The van der Waals surface area contributed by atoms with Gasteiger partial charge in [-0.3, -0.25) is 4.90 Å². The van der Waals surface area contributed by atoms with E-state index in [1.807, 2.05) is 18.2 Å². The maximum Gasteiger partial charge on any atom is 0.183 e. The number of aliphatic hydroxyl groups is 1. The topological polar surface area (TPSA) is 48.4 Å². The van der Waals surface area contributed by atoms with Gasteiger partial charge >= 0.3 is 0 Å². The maximum atomic E-state index is 10.4. The molecule has 2 N–H and O–H groups in total. The van der Waals surface area contributed by atoms with Crippen molar-refractivity contribution in [2.75, 3.05) is 25.0 Å². The molecule has 1 aliphatic heterocycles. The number of thiazole rings is 1. The third-order valence-corrected chi connectivity index (χ3v) is 5.46. The lowest BCUT2D eigenvalue weighted by atomic mass is 10.00. The average molecular weight is 339 g/mol. The Bertz CT molecular complexity index is 799. The molecule has 4 rings (SSSR count). The van der Waals surface area contributed by atoms with Gasteiger partial charge in [0.15, 0.2) is 5.13 Å². The van der Waals surface area contributed by atoms with Crippen LogP contribution in [-0.4, -0.2) is 40.7 Å². The number of rotatable bonds is 5. The van der Waals surface area contributed by atoms with Crippen LogP contribution in [0.3, 0.4) is 0 Å². The van der Waals surface area contributed by atoms with Crippen molar-refractivity contribution in [2.24, 2.45) is 0 Å². The molecule has 1 aliphatic rings. The number of nitrogens with one attached hydrogen (secondary N) is 1. The summed E-state index contributed by atoms with van der Waals surface area (Å²) in [5, 5.41) is 14.5. The molecule has 0 spiro atoms. The fraction of sp³-hybridized carbons (Fsp3) is 0.316. The van der Waals surface area contributed by atoms with Crippen LogP contribution in [0.5, 0.6) is 0 Å². The zero-order valence-electron chi connectivity index (χ0n) is 13.5. The predicted octanol–water partition coefficient (Wildman–Crippen LogP) is 3.13. The summed E-state index contributed by atoms with van der Waals surface area (Å²) in [6.45, 7) is 3.15. The Morgan fingerprint density at radius 1 is 1.12 bits per heavy atom. The third kappa shape index (κ3) is 3.43. The Hall–Kier alpha value is -1.95. The van der Waals surface area contributed by atoms with E-state index in [9.17, 15) is 5.11 Å². The molecule has 2 aromatic carbocycles. The van der Waals surface area contributed by atoms with Crippen LogP contribution in [0.25, 0.3) is 10.2 Å². The predicted molar refractivity (Wildman–Crippen MR) is 99.5 cm³/mol. The van der Waals surface area contributed by atoms with Crippen LogP contribution < -0.4 is 5.32 Å². The van der Waals surface area contributed by atoms with E-state index in [2.05, 4.69) is 45.5 Å². The van der Waals surface area contributed by atoms with Gasteiger partial charge in [-0.2, -0.15) is 0 Å². The van der Waals surface area contributed by atoms with Gasteiger partial charge in [0.2, 0.25) is 0 Å². The van der Waals surface area contributed by atoms with Gasteiger partial charge in [0.1, 0.15) is 0 Å². The highest BCUT2D eigenvalue weighted by Gasteiger charge is 2.18. The molecule has 2 heterocycles. The van der Waals surface area contributed by atoms with E-state index in [-0.39, 0.29) is 0 Å². The van der Waals surface area contributed by atoms with Gasteiger partial charge < -0.3 is 10.4 Å². The lowest BCUT2D eigenvalue weighted by molar-refractivity contribution is 0.114. The Morgan fingerprint density at radius 3 is 2.79 bits per heavy atom. The molecule has 3 aromatic rings. The van der Waals surface area contributed by atoms with Gasteiger partial charge in [-0.1, -0.05) is 47.7 Å². The summed E-state index contributed by atoms with van der Waals surface area (Å²) in [6, 6.07) is 16.7. The van der Waals surface area contributed by atoms with Gasteiger partial charge in [-0.25, -0.2) is 4.98 Å². The van der Waals surface area contributed by atoms with Crippen LogP contribution in [0.15, 0.2) is 48.5 Å². The van der Waals surface area contributed by atoms with Crippen molar-refractivity contribution < 1.29 is 5.11 Å². The van der Waals surface area contributed by atoms with Crippen molar-refractivity contribution >= 4 is 26.7 Å². The summed E-state index contributed by atoms with van der Waals surface area (Å²) in [7, 11) is 0. The number of hydrogen-bond donors (Lipinski definition) is 2. The quantitative estimate of drug-likeness (QED) is 0.750. The lowest BCUT2D eigenvalue weighted by Crippen LogP contribution is -2.39. The number of hydrogen-bond acceptors (Lipinski definition) is 5. The summed E-state index contributed by atoms with van der Waals surface area (Å²) >= 11 is 1.63. The van der Waals surface area contributed by atoms with Gasteiger partial charge in [-0.05, 0) is 29.7 Å². The highest BCUT2D eigenvalue weighted by Crippen LogP contribution is 2.25. The van der Waals surface area contributed by atoms with Crippen LogP contribution >= 0.6 is 11.3 Å². The van der Waals surface area contributed by atoms with E-state index in [1.54, 1.807) is 11.3 Å². The molecule has 1 atom stereocenters. The first-order valence-corrected chi connectivity index (χ1v) is 9.16. The first-order chi connectivity index (χ1) is 11.8. The molecule has 0 saturated carbocycles. The van der Waals surface area contributed by atoms with E-state index in [1.165, 1.54) is 15.8 Å². The molecule has 124 valence electrons. The van der Waals surface area contributed by atoms with E-state index < -0.39 is 6.10 Å². The molecule has 0 fully saturated rings. The smallest absolute Gasteiger partial charge is 0.183 e. The second-order valence-corrected chi connectivity index (χ2v) is 7.31. The summed E-state index contributed by atoms with van der Waals surface area (Å²) in [6.07, 6.45) is 0.663. The zero-order valence-corrected chi connectivity index (χ0v) is 14.3. The molecule has 0 amide bonds. The van der Waals surface area contributed by atoms with Crippen molar-refractivity contribution in [1.82, 2.24) is 9.88 Å². The number of anilines is 1. The van der Waals surface area contributed by atoms with Crippen LogP contribution in [0.2, 0.25) is 0 Å². The minimum Gasteiger partial charge on any atom is -0.390 e. The summed E-state index contributed by atoms with van der Waals surface area (Å²) < 4.78 is 1.17. The second kappa shape index (κ2) is 6.89. The molecule has 0 unspecified atom stereocenters. The highest BCUT2D eigenvalue weighted by molar-refractivity contribution is 7.22. The number of aliphatic hydroxyl groups excluding tert-OH is 1. The van der Waals surface area contributed by atoms with Crippen LogP contribution in [0.4, 0.5) is 5.13 Å². The standard InChI is InChI=1S/C19H21N3OS/c23-16(11-20-19-21-17-7-3-4-8-18(17)24-19)13-22-10-9-14-5-1-2-6-15(14)12-22/h1-8,16,23H,9-13H2,(H,20,21)/t16-/m1/s1. The number of para-hydroxylation sites is 1. The lowest BCUT2D eigenvalue weighted by Gasteiger charge is -2.30. The number of β-amino-alcohol motifs (C(OH)–C–C–N with tert-alkyl or cyclic N) is 1. The van der Waals surface area contributed by atoms with Crippen LogP contribution in [-0.2, 0) is 13.0 Å². The first-order valence-electron chi connectivity index (χ1n) is 8.34. The summed E-state index contributed by atoms with van der Waals surface area (Å²) in [5.41, 5.74) is 3.83. The minimum atomic E-state index is -0.401. The van der Waals surface area contributed by atoms with Crippen LogP contribution in [0, 0.1) is 0 Å². The zero-order chi connectivity index (χ0) is 16.4. The summed E-state index contributed by atoms with van der Waals surface area (Å²) in [5.74, 6) is 0. The van der Waals surface area contributed by atoms with E-state index in [0.29, 0.717) is 13.1 Å². The van der Waals surface area contributed by atoms with E-state index in [0.717, 1.165) is 30.2 Å².